The third-order valence-electron chi connectivity index (χ3n) is 5.11. The van der Waals surface area contributed by atoms with Crippen molar-refractivity contribution in [1.82, 2.24) is 0 Å². The quantitative estimate of drug-likeness (QED) is 0.840. The van der Waals surface area contributed by atoms with Crippen LogP contribution in [0.1, 0.15) is 43.4 Å². The lowest BCUT2D eigenvalue weighted by molar-refractivity contribution is -0.125. The number of aryl methyl sites for hydroxylation is 1. The van der Waals surface area contributed by atoms with Crippen molar-refractivity contribution in [3.05, 3.63) is 59.2 Å². The van der Waals surface area contributed by atoms with E-state index >= 15 is 0 Å². The maximum Gasteiger partial charge on any atom is 0.235 e. The van der Waals surface area contributed by atoms with Gasteiger partial charge in [-0.05, 0) is 57.4 Å². The molecule has 0 atom stereocenters. The monoisotopic (exact) mass is 378 g/mol. The average molecular weight is 378 g/mol. The zero-order valence-corrected chi connectivity index (χ0v) is 16.6. The molecule has 0 bridgehead atoms. The molecule has 1 heterocycles. The van der Waals surface area contributed by atoms with Gasteiger partial charge in [0.1, 0.15) is 11.8 Å². The topological polar surface area (TPSA) is 71.3 Å². The fourth-order valence-electron chi connectivity index (χ4n) is 3.54. The van der Waals surface area contributed by atoms with Crippen molar-refractivity contribution in [2.45, 2.75) is 45.1 Å². The highest BCUT2D eigenvalue weighted by Crippen LogP contribution is 2.36. The van der Waals surface area contributed by atoms with Gasteiger partial charge in [-0.1, -0.05) is 29.8 Å². The van der Waals surface area contributed by atoms with Gasteiger partial charge in [-0.25, -0.2) is 0 Å². The van der Waals surface area contributed by atoms with E-state index in [2.05, 4.69) is 11.4 Å². The molecule has 1 fully saturated rings. The van der Waals surface area contributed by atoms with E-state index in [0.717, 1.165) is 11.1 Å². The minimum absolute atomic E-state index is 0.0282. The molecule has 0 unspecified atom stereocenters. The number of ether oxygens (including phenoxy) is 2. The maximum atomic E-state index is 13.4. The first-order valence-electron chi connectivity index (χ1n) is 9.62. The number of anilines is 1. The highest BCUT2D eigenvalue weighted by molar-refractivity contribution is 5.99. The van der Waals surface area contributed by atoms with Crippen molar-refractivity contribution < 1.29 is 14.3 Å². The number of rotatable bonds is 5. The number of nitrogens with zero attached hydrogens (tertiary/aromatic N) is 1. The SMILES string of the molecule is Cc1ccc(C2(C(=O)Nc3ccc(OC(C)C)c(C#N)c3)CCOCC2)cc1. The van der Waals surface area contributed by atoms with Crippen LogP contribution in [0.2, 0.25) is 0 Å². The summed E-state index contributed by atoms with van der Waals surface area (Å²) in [6.45, 7) is 6.95. The van der Waals surface area contributed by atoms with Gasteiger partial charge in [0.15, 0.2) is 0 Å². The normalized spacial score (nSPS) is 15.7. The van der Waals surface area contributed by atoms with Crippen LogP contribution >= 0.6 is 0 Å². The Balaban J connectivity index is 1.88. The van der Waals surface area contributed by atoms with Crippen LogP contribution in [0.15, 0.2) is 42.5 Å². The van der Waals surface area contributed by atoms with E-state index in [1.807, 2.05) is 45.0 Å². The highest BCUT2D eigenvalue weighted by Gasteiger charge is 2.41. The molecule has 0 saturated carbocycles. The molecule has 1 N–H and O–H groups in total. The third-order valence-corrected chi connectivity index (χ3v) is 5.11. The van der Waals surface area contributed by atoms with E-state index in [1.54, 1.807) is 18.2 Å². The molecule has 1 saturated heterocycles. The molecule has 5 nitrogen and oxygen atoms in total. The second kappa shape index (κ2) is 8.45. The molecular weight excluding hydrogens is 352 g/mol. The minimum Gasteiger partial charge on any atom is -0.490 e. The molecule has 1 aliphatic rings. The van der Waals surface area contributed by atoms with Gasteiger partial charge in [-0.3, -0.25) is 4.79 Å². The summed E-state index contributed by atoms with van der Waals surface area (Å²) in [5.74, 6) is 0.455. The first kappa shape index (κ1) is 19.9. The second-order valence-corrected chi connectivity index (χ2v) is 7.50. The van der Waals surface area contributed by atoms with E-state index in [1.165, 1.54) is 0 Å². The van der Waals surface area contributed by atoms with Crippen LogP contribution < -0.4 is 10.1 Å². The van der Waals surface area contributed by atoms with Crippen molar-refractivity contribution >= 4 is 11.6 Å². The van der Waals surface area contributed by atoms with Crippen LogP contribution in [0, 0.1) is 18.3 Å². The second-order valence-electron chi connectivity index (χ2n) is 7.50. The predicted octanol–water partition coefficient (Wildman–Crippen LogP) is 4.34. The smallest absolute Gasteiger partial charge is 0.235 e. The fraction of sp³-hybridized carbons (Fsp3) is 0.391. The third kappa shape index (κ3) is 4.18. The van der Waals surface area contributed by atoms with Crippen LogP contribution in [0.25, 0.3) is 0 Å². The first-order valence-corrected chi connectivity index (χ1v) is 9.62. The van der Waals surface area contributed by atoms with E-state index < -0.39 is 5.41 Å². The highest BCUT2D eigenvalue weighted by atomic mass is 16.5. The van der Waals surface area contributed by atoms with Gasteiger partial charge in [-0.2, -0.15) is 5.26 Å². The number of carbonyl (C=O) groups excluding carboxylic acids is 1. The molecule has 0 radical (unpaired) electrons. The summed E-state index contributed by atoms with van der Waals surface area (Å²) in [5.41, 5.74) is 2.52. The van der Waals surface area contributed by atoms with Crippen LogP contribution in [-0.4, -0.2) is 25.2 Å². The Hall–Kier alpha value is -2.84. The Morgan fingerprint density at radius 1 is 1.18 bits per heavy atom. The fourth-order valence-corrected chi connectivity index (χ4v) is 3.54. The number of amides is 1. The lowest BCUT2D eigenvalue weighted by Gasteiger charge is -2.36. The van der Waals surface area contributed by atoms with Gasteiger partial charge in [0, 0.05) is 18.9 Å². The summed E-state index contributed by atoms with van der Waals surface area (Å²) in [7, 11) is 0. The van der Waals surface area contributed by atoms with E-state index in [4.69, 9.17) is 9.47 Å². The standard InChI is InChI=1S/C23H26N2O3/c1-16(2)28-21-9-8-20(14-18(21)15-24)25-22(26)23(10-12-27-13-11-23)19-6-4-17(3)5-7-19/h4-9,14,16H,10-13H2,1-3H3,(H,25,26). The lowest BCUT2D eigenvalue weighted by Crippen LogP contribution is -2.44. The number of hydrogen-bond donors (Lipinski definition) is 1. The summed E-state index contributed by atoms with van der Waals surface area (Å²) in [6, 6.07) is 15.4. The molecule has 0 aromatic heterocycles. The molecule has 146 valence electrons. The Morgan fingerprint density at radius 3 is 2.46 bits per heavy atom. The van der Waals surface area contributed by atoms with Crippen molar-refractivity contribution in [2.24, 2.45) is 0 Å². The molecule has 1 amide bonds. The first-order chi connectivity index (χ1) is 13.4. The number of hydrogen-bond acceptors (Lipinski definition) is 4. The molecule has 3 rings (SSSR count). The van der Waals surface area contributed by atoms with Crippen LogP contribution in [0.4, 0.5) is 5.69 Å². The van der Waals surface area contributed by atoms with Crippen LogP contribution in [0.3, 0.4) is 0 Å². The lowest BCUT2D eigenvalue weighted by atomic mass is 9.73. The number of benzene rings is 2. The van der Waals surface area contributed by atoms with E-state index in [0.29, 0.717) is 43.1 Å². The summed E-state index contributed by atoms with van der Waals surface area (Å²) >= 11 is 0. The van der Waals surface area contributed by atoms with E-state index in [-0.39, 0.29) is 12.0 Å². The van der Waals surface area contributed by atoms with Gasteiger partial charge in [0.2, 0.25) is 5.91 Å². The van der Waals surface area contributed by atoms with Gasteiger partial charge >= 0.3 is 0 Å². The van der Waals surface area contributed by atoms with Crippen molar-refractivity contribution in [1.29, 1.82) is 5.26 Å². The molecule has 28 heavy (non-hydrogen) atoms. The zero-order valence-electron chi connectivity index (χ0n) is 16.6. The maximum absolute atomic E-state index is 13.4. The van der Waals surface area contributed by atoms with Gasteiger partial charge in [0.25, 0.3) is 0 Å². The molecule has 2 aromatic rings. The molecule has 5 heteroatoms. The molecule has 1 aliphatic heterocycles. The van der Waals surface area contributed by atoms with Gasteiger partial charge in [-0.15, -0.1) is 0 Å². The molecule has 0 aliphatic carbocycles. The Morgan fingerprint density at radius 2 is 1.86 bits per heavy atom. The summed E-state index contributed by atoms with van der Waals surface area (Å²) in [4.78, 5) is 13.4. The number of nitrogens with one attached hydrogen (secondary N) is 1. The Labute approximate surface area is 166 Å². The largest absolute Gasteiger partial charge is 0.490 e. The summed E-state index contributed by atoms with van der Waals surface area (Å²) < 4.78 is 11.2. The molecule has 2 aromatic carbocycles. The van der Waals surface area contributed by atoms with Crippen LogP contribution in [0.5, 0.6) is 5.75 Å². The summed E-state index contributed by atoms with van der Waals surface area (Å²) in [5, 5.41) is 12.5. The van der Waals surface area contributed by atoms with Gasteiger partial charge in [0.05, 0.1) is 17.1 Å². The zero-order chi connectivity index (χ0) is 20.1. The van der Waals surface area contributed by atoms with Gasteiger partial charge < -0.3 is 14.8 Å². The van der Waals surface area contributed by atoms with Crippen molar-refractivity contribution in [2.75, 3.05) is 18.5 Å². The van der Waals surface area contributed by atoms with Crippen LogP contribution in [-0.2, 0) is 14.9 Å². The summed E-state index contributed by atoms with van der Waals surface area (Å²) in [6.07, 6.45) is 1.22. The molecular formula is C23H26N2O3. The van der Waals surface area contributed by atoms with Crippen molar-refractivity contribution in [3.63, 3.8) is 0 Å². The Kier molecular flexibility index (Phi) is 6.01. The number of nitriles is 1. The predicted molar refractivity (Wildman–Crippen MR) is 108 cm³/mol. The molecule has 0 spiro atoms. The Bertz CT molecular complexity index is 876. The number of carbonyl (C=O) groups is 1. The van der Waals surface area contributed by atoms with E-state index in [9.17, 15) is 10.1 Å². The van der Waals surface area contributed by atoms with Crippen molar-refractivity contribution in [3.8, 4) is 11.8 Å². The average Bonchev–Trinajstić information content (AvgIpc) is 2.69. The minimum atomic E-state index is -0.633.